The number of benzene rings is 1. The number of hydrogen-bond acceptors (Lipinski definition) is 2. The molecule has 1 aromatic carbocycles. The molecule has 84 valence electrons. The second-order valence-corrected chi connectivity index (χ2v) is 4.82. The minimum Gasteiger partial charge on any atom is -0.486 e. The van der Waals surface area contributed by atoms with Crippen molar-refractivity contribution in [1.82, 2.24) is 0 Å². The van der Waals surface area contributed by atoms with E-state index in [1.807, 2.05) is 13.8 Å². The Kier molecular flexibility index (Phi) is 4.26. The van der Waals surface area contributed by atoms with Crippen LogP contribution in [-0.2, 0) is 0 Å². The van der Waals surface area contributed by atoms with Gasteiger partial charge in [0, 0.05) is 11.1 Å². The van der Waals surface area contributed by atoms with Crippen molar-refractivity contribution in [2.45, 2.75) is 25.9 Å². The topological polar surface area (TPSA) is 35.2 Å². The molecule has 0 saturated carbocycles. The fraction of sp³-hybridized carbons (Fsp3) is 0.455. The molecule has 0 bridgehead atoms. The minimum atomic E-state index is -0.330. The number of ether oxygens (including phenoxy) is 1. The lowest BCUT2D eigenvalue weighted by molar-refractivity contribution is 0.102. The van der Waals surface area contributed by atoms with Crippen molar-refractivity contribution in [1.29, 1.82) is 0 Å². The summed E-state index contributed by atoms with van der Waals surface area (Å²) in [6.45, 7) is 4.51. The Labute approximate surface area is 100 Å². The van der Waals surface area contributed by atoms with Gasteiger partial charge >= 0.3 is 0 Å². The second-order valence-electron chi connectivity index (χ2n) is 3.98. The van der Waals surface area contributed by atoms with E-state index in [9.17, 15) is 0 Å². The van der Waals surface area contributed by atoms with Crippen LogP contribution in [0.15, 0.2) is 18.2 Å². The SMILES string of the molecule is CC(C)(CCN)Oc1cc(Cl)ccc1Cl. The molecule has 0 spiro atoms. The Hall–Kier alpha value is -0.440. The molecular weight excluding hydrogens is 233 g/mol. The lowest BCUT2D eigenvalue weighted by Gasteiger charge is -2.26. The third-order valence-electron chi connectivity index (χ3n) is 2.03. The number of hydrogen-bond donors (Lipinski definition) is 1. The smallest absolute Gasteiger partial charge is 0.140 e. The van der Waals surface area contributed by atoms with Gasteiger partial charge in [-0.3, -0.25) is 0 Å². The molecule has 0 aliphatic rings. The Morgan fingerprint density at radius 1 is 1.33 bits per heavy atom. The summed E-state index contributed by atoms with van der Waals surface area (Å²) < 4.78 is 5.76. The quantitative estimate of drug-likeness (QED) is 0.884. The van der Waals surface area contributed by atoms with Gasteiger partial charge in [-0.25, -0.2) is 0 Å². The van der Waals surface area contributed by atoms with Crippen LogP contribution in [0.4, 0.5) is 0 Å². The van der Waals surface area contributed by atoms with E-state index in [2.05, 4.69) is 0 Å². The van der Waals surface area contributed by atoms with Crippen molar-refractivity contribution in [3.8, 4) is 5.75 Å². The Balaban J connectivity index is 2.83. The average Bonchev–Trinajstić information content (AvgIpc) is 2.10. The van der Waals surface area contributed by atoms with Crippen molar-refractivity contribution in [3.05, 3.63) is 28.2 Å². The number of rotatable bonds is 4. The third-order valence-corrected chi connectivity index (χ3v) is 2.57. The molecule has 0 unspecified atom stereocenters. The normalized spacial score (nSPS) is 11.5. The maximum atomic E-state index is 5.99. The van der Waals surface area contributed by atoms with Crippen molar-refractivity contribution in [2.24, 2.45) is 5.73 Å². The fourth-order valence-electron chi connectivity index (χ4n) is 1.25. The van der Waals surface area contributed by atoms with E-state index in [4.69, 9.17) is 33.7 Å². The molecule has 0 fully saturated rings. The molecule has 2 N–H and O–H groups in total. The molecule has 4 heteroatoms. The summed E-state index contributed by atoms with van der Waals surface area (Å²) in [4.78, 5) is 0. The lowest BCUT2D eigenvalue weighted by Crippen LogP contribution is -2.31. The zero-order valence-electron chi connectivity index (χ0n) is 8.89. The van der Waals surface area contributed by atoms with Crippen LogP contribution >= 0.6 is 23.2 Å². The Bertz CT molecular complexity index is 339. The highest BCUT2D eigenvalue weighted by Gasteiger charge is 2.20. The maximum Gasteiger partial charge on any atom is 0.140 e. The van der Waals surface area contributed by atoms with Gasteiger partial charge in [0.05, 0.1) is 5.02 Å². The second kappa shape index (κ2) is 5.06. The summed E-state index contributed by atoms with van der Waals surface area (Å²) in [5.41, 5.74) is 5.17. The number of halogens is 2. The lowest BCUT2D eigenvalue weighted by atomic mass is 10.1. The van der Waals surface area contributed by atoms with E-state index in [1.54, 1.807) is 18.2 Å². The van der Waals surface area contributed by atoms with Gasteiger partial charge in [-0.05, 0) is 38.9 Å². The van der Waals surface area contributed by atoms with Gasteiger partial charge in [0.25, 0.3) is 0 Å². The molecule has 1 aromatic rings. The van der Waals surface area contributed by atoms with E-state index >= 15 is 0 Å². The Morgan fingerprint density at radius 3 is 2.60 bits per heavy atom. The molecule has 0 heterocycles. The number of nitrogens with two attached hydrogens (primary N) is 1. The summed E-state index contributed by atoms with van der Waals surface area (Å²) in [5, 5.41) is 1.17. The Morgan fingerprint density at radius 2 is 2.00 bits per heavy atom. The van der Waals surface area contributed by atoms with Crippen molar-refractivity contribution in [3.63, 3.8) is 0 Å². The zero-order chi connectivity index (χ0) is 11.5. The molecule has 1 rings (SSSR count). The van der Waals surface area contributed by atoms with Crippen LogP contribution in [0.25, 0.3) is 0 Å². The first-order valence-electron chi connectivity index (χ1n) is 4.79. The van der Waals surface area contributed by atoms with Crippen molar-refractivity contribution < 1.29 is 4.74 Å². The van der Waals surface area contributed by atoms with Gasteiger partial charge in [-0.1, -0.05) is 23.2 Å². The van der Waals surface area contributed by atoms with Crippen LogP contribution in [0, 0.1) is 0 Å². The van der Waals surface area contributed by atoms with E-state index in [1.165, 1.54) is 0 Å². The molecular formula is C11H15Cl2NO. The highest BCUT2D eigenvalue weighted by atomic mass is 35.5. The van der Waals surface area contributed by atoms with Crippen molar-refractivity contribution in [2.75, 3.05) is 6.54 Å². The summed E-state index contributed by atoms with van der Waals surface area (Å²) in [5.74, 6) is 0.600. The van der Waals surface area contributed by atoms with E-state index in [0.717, 1.165) is 6.42 Å². The molecule has 0 amide bonds. The van der Waals surface area contributed by atoms with Gasteiger partial charge in [0.15, 0.2) is 0 Å². The molecule has 0 saturated heterocycles. The van der Waals surface area contributed by atoms with Gasteiger partial charge in [0.1, 0.15) is 11.4 Å². The van der Waals surface area contributed by atoms with Gasteiger partial charge < -0.3 is 10.5 Å². The molecule has 0 atom stereocenters. The molecule has 2 nitrogen and oxygen atoms in total. The average molecular weight is 248 g/mol. The van der Waals surface area contributed by atoms with Gasteiger partial charge in [-0.15, -0.1) is 0 Å². The van der Waals surface area contributed by atoms with Crippen LogP contribution < -0.4 is 10.5 Å². The third kappa shape index (κ3) is 3.90. The fourth-order valence-corrected chi connectivity index (χ4v) is 1.57. The standard InChI is InChI=1S/C11H15Cl2NO/c1-11(2,5-6-14)15-10-7-8(12)3-4-9(10)13/h3-4,7H,5-6,14H2,1-2H3. The molecule has 0 aromatic heterocycles. The summed E-state index contributed by atoms with van der Waals surface area (Å²) >= 11 is 11.8. The first kappa shape index (κ1) is 12.6. The van der Waals surface area contributed by atoms with Gasteiger partial charge in [0.2, 0.25) is 0 Å². The summed E-state index contributed by atoms with van der Waals surface area (Å²) in [7, 11) is 0. The van der Waals surface area contributed by atoms with Crippen molar-refractivity contribution >= 4 is 23.2 Å². The highest BCUT2D eigenvalue weighted by molar-refractivity contribution is 6.34. The molecule has 0 aliphatic carbocycles. The van der Waals surface area contributed by atoms with E-state index in [-0.39, 0.29) is 5.60 Å². The van der Waals surface area contributed by atoms with Gasteiger partial charge in [-0.2, -0.15) is 0 Å². The predicted molar refractivity (Wildman–Crippen MR) is 64.8 cm³/mol. The zero-order valence-corrected chi connectivity index (χ0v) is 10.4. The monoisotopic (exact) mass is 247 g/mol. The maximum absolute atomic E-state index is 5.99. The van der Waals surface area contributed by atoms with Crippen LogP contribution in [0.2, 0.25) is 10.0 Å². The van der Waals surface area contributed by atoms with Crippen LogP contribution in [0.1, 0.15) is 20.3 Å². The van der Waals surface area contributed by atoms with Crippen LogP contribution in [0.3, 0.4) is 0 Å². The first-order chi connectivity index (χ1) is 6.94. The predicted octanol–water partition coefficient (Wildman–Crippen LogP) is 3.50. The molecule has 0 aliphatic heterocycles. The summed E-state index contributed by atoms with van der Waals surface area (Å²) in [6.07, 6.45) is 0.760. The molecule has 15 heavy (non-hydrogen) atoms. The van der Waals surface area contributed by atoms with E-state index < -0.39 is 0 Å². The minimum absolute atomic E-state index is 0.330. The summed E-state index contributed by atoms with van der Waals surface area (Å²) in [6, 6.07) is 5.16. The van der Waals surface area contributed by atoms with E-state index in [0.29, 0.717) is 22.3 Å². The molecule has 0 radical (unpaired) electrons. The largest absolute Gasteiger partial charge is 0.486 e. The highest BCUT2D eigenvalue weighted by Crippen LogP contribution is 2.31. The first-order valence-corrected chi connectivity index (χ1v) is 5.54. The van der Waals surface area contributed by atoms with Crippen LogP contribution in [-0.4, -0.2) is 12.1 Å². The van der Waals surface area contributed by atoms with Crippen LogP contribution in [0.5, 0.6) is 5.75 Å².